The summed E-state index contributed by atoms with van der Waals surface area (Å²) in [5.74, 6) is 0.892. The summed E-state index contributed by atoms with van der Waals surface area (Å²) in [6.45, 7) is 9.14. The van der Waals surface area contributed by atoms with Crippen LogP contribution in [0.5, 0.6) is 5.75 Å². The number of rotatable bonds is 8. The Balaban J connectivity index is 1.93. The molecule has 1 aliphatic heterocycles. The van der Waals surface area contributed by atoms with E-state index in [9.17, 15) is 5.11 Å². The number of hydrogen-bond acceptors (Lipinski definition) is 4. The fraction of sp³-hybridized carbons (Fsp3) is 0.667. The summed E-state index contributed by atoms with van der Waals surface area (Å²) in [6, 6.07) is 6.08. The molecule has 0 saturated heterocycles. The molecule has 4 nitrogen and oxygen atoms in total. The van der Waals surface area contributed by atoms with E-state index in [1.54, 1.807) is 0 Å². The van der Waals surface area contributed by atoms with Crippen molar-refractivity contribution < 1.29 is 9.84 Å². The Kier molecular flexibility index (Phi) is 6.52. The Morgan fingerprint density at radius 1 is 1.32 bits per heavy atom. The molecule has 0 amide bonds. The Labute approximate surface area is 134 Å². The highest BCUT2D eigenvalue weighted by molar-refractivity contribution is 5.60. The molecule has 0 aliphatic carbocycles. The molecule has 0 radical (unpaired) electrons. The first kappa shape index (κ1) is 17.1. The lowest BCUT2D eigenvalue weighted by Gasteiger charge is -2.28. The number of likely N-dealkylation sites (N-methyl/N-ethyl adjacent to an activating group) is 1. The Hall–Kier alpha value is -1.26. The maximum Gasteiger partial charge on any atom is 0.143 e. The number of hydrogen-bond donors (Lipinski definition) is 1. The van der Waals surface area contributed by atoms with Gasteiger partial charge in [0.2, 0.25) is 0 Å². The average molecular weight is 306 g/mol. The molecule has 0 bridgehead atoms. The van der Waals surface area contributed by atoms with Crippen molar-refractivity contribution in [3.05, 3.63) is 23.8 Å². The van der Waals surface area contributed by atoms with Gasteiger partial charge >= 0.3 is 0 Å². The van der Waals surface area contributed by atoms with Crippen LogP contribution in [0.4, 0.5) is 5.69 Å². The molecule has 2 rings (SSSR count). The highest BCUT2D eigenvalue weighted by Crippen LogP contribution is 2.33. The summed E-state index contributed by atoms with van der Waals surface area (Å²) in [5.41, 5.74) is 2.07. The van der Waals surface area contributed by atoms with Crippen molar-refractivity contribution in [2.75, 3.05) is 44.7 Å². The quantitative estimate of drug-likeness (QED) is 0.801. The highest BCUT2D eigenvalue weighted by Gasteiger charge is 2.17. The van der Waals surface area contributed by atoms with E-state index in [2.05, 4.69) is 36.8 Å². The zero-order valence-corrected chi connectivity index (χ0v) is 14.2. The second-order valence-corrected chi connectivity index (χ2v) is 6.09. The van der Waals surface area contributed by atoms with Gasteiger partial charge in [-0.3, -0.25) is 0 Å². The molecule has 0 fully saturated rings. The highest BCUT2D eigenvalue weighted by atomic mass is 16.5. The molecule has 1 atom stereocenters. The number of unbranched alkanes of at least 4 members (excludes halogenated alkanes) is 1. The number of fused-ring (bicyclic) bond motifs is 1. The molecule has 0 aromatic heterocycles. The van der Waals surface area contributed by atoms with Gasteiger partial charge < -0.3 is 19.6 Å². The zero-order chi connectivity index (χ0) is 15.9. The van der Waals surface area contributed by atoms with Gasteiger partial charge in [0.05, 0.1) is 18.3 Å². The van der Waals surface area contributed by atoms with Gasteiger partial charge in [-0.25, -0.2) is 0 Å². The summed E-state index contributed by atoms with van der Waals surface area (Å²) in [5, 5.41) is 10.5. The SMILES string of the molecule is CCCCN(CC)CCC(O)c1ccc2c(c1)OCCN2C. The van der Waals surface area contributed by atoms with Crippen LogP contribution in [0, 0.1) is 0 Å². The molecule has 1 N–H and O–H groups in total. The van der Waals surface area contributed by atoms with Crippen molar-refractivity contribution in [2.45, 2.75) is 39.2 Å². The molecular formula is C18H30N2O2. The fourth-order valence-corrected chi connectivity index (χ4v) is 2.86. The normalized spacial score (nSPS) is 15.6. The molecule has 4 heteroatoms. The molecule has 1 aliphatic rings. The predicted octanol–water partition coefficient (Wildman–Crippen LogP) is 3.06. The number of nitrogens with zero attached hydrogens (tertiary/aromatic N) is 2. The third kappa shape index (κ3) is 4.37. The summed E-state index contributed by atoms with van der Waals surface area (Å²) >= 11 is 0. The zero-order valence-electron chi connectivity index (χ0n) is 14.2. The summed E-state index contributed by atoms with van der Waals surface area (Å²) in [7, 11) is 2.07. The van der Waals surface area contributed by atoms with Gasteiger partial charge in [-0.05, 0) is 43.6 Å². The van der Waals surface area contributed by atoms with Crippen molar-refractivity contribution in [3.8, 4) is 5.75 Å². The van der Waals surface area contributed by atoms with E-state index in [4.69, 9.17) is 4.74 Å². The van der Waals surface area contributed by atoms with Crippen LogP contribution in [0.1, 0.15) is 44.8 Å². The van der Waals surface area contributed by atoms with Crippen LogP contribution in [0.3, 0.4) is 0 Å². The van der Waals surface area contributed by atoms with Gasteiger partial charge in [0.25, 0.3) is 0 Å². The van der Waals surface area contributed by atoms with E-state index in [0.29, 0.717) is 6.61 Å². The van der Waals surface area contributed by atoms with Crippen LogP contribution in [0.15, 0.2) is 18.2 Å². The molecule has 0 spiro atoms. The second-order valence-electron chi connectivity index (χ2n) is 6.09. The second kappa shape index (κ2) is 8.39. The minimum atomic E-state index is -0.420. The number of aliphatic hydroxyl groups is 1. The first-order chi connectivity index (χ1) is 10.7. The van der Waals surface area contributed by atoms with Gasteiger partial charge in [0, 0.05) is 13.6 Å². The number of benzene rings is 1. The predicted molar refractivity (Wildman–Crippen MR) is 91.8 cm³/mol. The standard InChI is InChI=1S/C18H30N2O2/c1-4-6-10-20(5-2)11-9-17(21)15-7-8-16-18(14-15)22-13-12-19(16)3/h7-8,14,17,21H,4-6,9-13H2,1-3H3. The van der Waals surface area contributed by atoms with E-state index in [1.165, 1.54) is 12.8 Å². The molecule has 1 aromatic rings. The lowest BCUT2D eigenvalue weighted by atomic mass is 10.0. The molecule has 22 heavy (non-hydrogen) atoms. The summed E-state index contributed by atoms with van der Waals surface area (Å²) in [4.78, 5) is 4.61. The van der Waals surface area contributed by atoms with Crippen molar-refractivity contribution in [1.29, 1.82) is 0 Å². The summed E-state index contributed by atoms with van der Waals surface area (Å²) in [6.07, 6.45) is 2.79. The van der Waals surface area contributed by atoms with Gasteiger partial charge in [-0.15, -0.1) is 0 Å². The van der Waals surface area contributed by atoms with Crippen LogP contribution >= 0.6 is 0 Å². The van der Waals surface area contributed by atoms with Gasteiger partial charge in [-0.1, -0.05) is 26.3 Å². The van der Waals surface area contributed by atoms with E-state index in [0.717, 1.165) is 49.6 Å². The van der Waals surface area contributed by atoms with Crippen LogP contribution < -0.4 is 9.64 Å². The molecule has 124 valence electrons. The Bertz CT molecular complexity index is 464. The van der Waals surface area contributed by atoms with Gasteiger partial charge in [0.15, 0.2) is 0 Å². The van der Waals surface area contributed by atoms with Crippen LogP contribution in [-0.2, 0) is 0 Å². The van der Waals surface area contributed by atoms with E-state index in [1.807, 2.05) is 12.1 Å². The smallest absolute Gasteiger partial charge is 0.143 e. The maximum atomic E-state index is 10.5. The number of anilines is 1. The summed E-state index contributed by atoms with van der Waals surface area (Å²) < 4.78 is 5.72. The third-order valence-corrected chi connectivity index (χ3v) is 4.46. The fourth-order valence-electron chi connectivity index (χ4n) is 2.86. The molecule has 1 aromatic carbocycles. The maximum absolute atomic E-state index is 10.5. The van der Waals surface area contributed by atoms with Crippen molar-refractivity contribution >= 4 is 5.69 Å². The largest absolute Gasteiger partial charge is 0.490 e. The first-order valence-electron chi connectivity index (χ1n) is 8.54. The van der Waals surface area contributed by atoms with Crippen molar-refractivity contribution in [1.82, 2.24) is 4.90 Å². The molecule has 1 unspecified atom stereocenters. The topological polar surface area (TPSA) is 35.9 Å². The van der Waals surface area contributed by atoms with E-state index < -0.39 is 6.10 Å². The van der Waals surface area contributed by atoms with Crippen molar-refractivity contribution in [2.24, 2.45) is 0 Å². The Morgan fingerprint density at radius 2 is 2.14 bits per heavy atom. The molecule has 0 saturated carbocycles. The van der Waals surface area contributed by atoms with E-state index in [-0.39, 0.29) is 0 Å². The van der Waals surface area contributed by atoms with E-state index >= 15 is 0 Å². The van der Waals surface area contributed by atoms with Crippen molar-refractivity contribution in [3.63, 3.8) is 0 Å². The molecular weight excluding hydrogens is 276 g/mol. The monoisotopic (exact) mass is 306 g/mol. The van der Waals surface area contributed by atoms with Crippen LogP contribution in [0.25, 0.3) is 0 Å². The number of ether oxygens (including phenoxy) is 1. The van der Waals surface area contributed by atoms with Crippen LogP contribution in [0.2, 0.25) is 0 Å². The average Bonchev–Trinajstić information content (AvgIpc) is 2.54. The molecule has 1 heterocycles. The Morgan fingerprint density at radius 3 is 2.86 bits per heavy atom. The van der Waals surface area contributed by atoms with Gasteiger partial charge in [0.1, 0.15) is 12.4 Å². The van der Waals surface area contributed by atoms with Gasteiger partial charge in [-0.2, -0.15) is 0 Å². The lowest BCUT2D eigenvalue weighted by Crippen LogP contribution is -2.29. The minimum Gasteiger partial charge on any atom is -0.490 e. The number of aliphatic hydroxyl groups excluding tert-OH is 1. The lowest BCUT2D eigenvalue weighted by molar-refractivity contribution is 0.142. The first-order valence-corrected chi connectivity index (χ1v) is 8.54. The third-order valence-electron chi connectivity index (χ3n) is 4.46. The van der Waals surface area contributed by atoms with Crippen LogP contribution in [-0.4, -0.2) is 49.8 Å². The minimum absolute atomic E-state index is 0.420.